The van der Waals surface area contributed by atoms with Crippen LogP contribution in [0.15, 0.2) is 24.3 Å². The summed E-state index contributed by atoms with van der Waals surface area (Å²) in [4.78, 5) is 22.8. The van der Waals surface area contributed by atoms with E-state index in [0.29, 0.717) is 13.2 Å². The molecule has 0 spiro atoms. The molecule has 0 radical (unpaired) electrons. The number of aliphatic carboxylic acids is 1. The molecule has 0 saturated carbocycles. The summed E-state index contributed by atoms with van der Waals surface area (Å²) in [5.41, 5.74) is 1.71. The van der Waals surface area contributed by atoms with Gasteiger partial charge in [0.25, 0.3) is 0 Å². The largest absolute Gasteiger partial charge is 0.481 e. The molecular weight excluding hydrogens is 270 g/mol. The van der Waals surface area contributed by atoms with Gasteiger partial charge in [0.2, 0.25) is 5.91 Å². The summed E-state index contributed by atoms with van der Waals surface area (Å²) in [7, 11) is 0. The minimum Gasteiger partial charge on any atom is -0.481 e. The Bertz CT molecular complexity index is 492. The van der Waals surface area contributed by atoms with Crippen molar-refractivity contribution in [3.63, 3.8) is 0 Å². The first-order valence-corrected chi connectivity index (χ1v) is 7.26. The fourth-order valence-corrected chi connectivity index (χ4v) is 2.48. The number of carboxylic acid groups (broad SMARTS) is 1. The van der Waals surface area contributed by atoms with E-state index in [-0.39, 0.29) is 24.2 Å². The second-order valence-corrected chi connectivity index (χ2v) is 5.50. The molecule has 5 heteroatoms. The Hall–Kier alpha value is -1.88. The number of carbonyl (C=O) groups excluding carboxylic acids is 1. The van der Waals surface area contributed by atoms with Gasteiger partial charge < -0.3 is 15.2 Å². The SMILES string of the molecule is CC(CC(=O)O)c1ccc(NC(=O)C2CCOCC2)cc1. The number of amides is 1. The van der Waals surface area contributed by atoms with Crippen molar-refractivity contribution in [2.24, 2.45) is 5.92 Å². The zero-order valence-corrected chi connectivity index (χ0v) is 12.2. The summed E-state index contributed by atoms with van der Waals surface area (Å²) >= 11 is 0. The first-order chi connectivity index (χ1) is 10.1. The van der Waals surface area contributed by atoms with Gasteiger partial charge in [0.15, 0.2) is 0 Å². The van der Waals surface area contributed by atoms with Gasteiger partial charge in [-0.15, -0.1) is 0 Å². The third-order valence-electron chi connectivity index (χ3n) is 3.82. The maximum Gasteiger partial charge on any atom is 0.303 e. The quantitative estimate of drug-likeness (QED) is 0.874. The Morgan fingerprint density at radius 3 is 2.48 bits per heavy atom. The van der Waals surface area contributed by atoms with Crippen LogP contribution in [-0.4, -0.2) is 30.2 Å². The van der Waals surface area contributed by atoms with Crippen LogP contribution in [0.2, 0.25) is 0 Å². The van der Waals surface area contributed by atoms with E-state index in [2.05, 4.69) is 5.32 Å². The molecule has 0 aromatic heterocycles. The normalized spacial score (nSPS) is 17.2. The van der Waals surface area contributed by atoms with Crippen LogP contribution in [0.1, 0.15) is 37.7 Å². The Balaban J connectivity index is 1.92. The van der Waals surface area contributed by atoms with E-state index < -0.39 is 5.97 Å². The lowest BCUT2D eigenvalue weighted by molar-refractivity contribution is -0.137. The van der Waals surface area contributed by atoms with Gasteiger partial charge >= 0.3 is 5.97 Å². The Morgan fingerprint density at radius 1 is 1.29 bits per heavy atom. The van der Waals surface area contributed by atoms with Crippen LogP contribution in [0.3, 0.4) is 0 Å². The number of rotatable bonds is 5. The first-order valence-electron chi connectivity index (χ1n) is 7.26. The van der Waals surface area contributed by atoms with Crippen molar-refractivity contribution < 1.29 is 19.4 Å². The van der Waals surface area contributed by atoms with E-state index in [1.54, 1.807) is 0 Å². The van der Waals surface area contributed by atoms with E-state index in [4.69, 9.17) is 9.84 Å². The molecule has 0 aliphatic carbocycles. The molecule has 1 aromatic carbocycles. The molecule has 21 heavy (non-hydrogen) atoms. The van der Waals surface area contributed by atoms with E-state index in [0.717, 1.165) is 24.1 Å². The van der Waals surface area contributed by atoms with Crippen LogP contribution in [0.5, 0.6) is 0 Å². The zero-order valence-electron chi connectivity index (χ0n) is 12.2. The van der Waals surface area contributed by atoms with E-state index >= 15 is 0 Å². The fourth-order valence-electron chi connectivity index (χ4n) is 2.48. The van der Waals surface area contributed by atoms with Gasteiger partial charge in [-0.25, -0.2) is 0 Å². The Morgan fingerprint density at radius 2 is 1.90 bits per heavy atom. The van der Waals surface area contributed by atoms with Crippen molar-refractivity contribution in [3.8, 4) is 0 Å². The highest BCUT2D eigenvalue weighted by atomic mass is 16.5. The number of hydrogen-bond acceptors (Lipinski definition) is 3. The topological polar surface area (TPSA) is 75.6 Å². The summed E-state index contributed by atoms with van der Waals surface area (Å²) in [5.74, 6) is -0.795. The average molecular weight is 291 g/mol. The standard InChI is InChI=1S/C16H21NO4/c1-11(10-15(18)19)12-2-4-14(5-3-12)17-16(20)13-6-8-21-9-7-13/h2-5,11,13H,6-10H2,1H3,(H,17,20)(H,18,19). The summed E-state index contributed by atoms with van der Waals surface area (Å²) in [5, 5.41) is 11.7. The summed E-state index contributed by atoms with van der Waals surface area (Å²) < 4.78 is 5.25. The molecule has 1 heterocycles. The predicted molar refractivity (Wildman–Crippen MR) is 79.3 cm³/mol. The van der Waals surface area contributed by atoms with Gasteiger partial charge in [-0.3, -0.25) is 9.59 Å². The minimum atomic E-state index is -0.806. The Labute approximate surface area is 124 Å². The highest BCUT2D eigenvalue weighted by Gasteiger charge is 2.21. The molecule has 1 aliphatic heterocycles. The number of anilines is 1. The predicted octanol–water partition coefficient (Wildman–Crippen LogP) is 2.63. The minimum absolute atomic E-state index is 0.0179. The lowest BCUT2D eigenvalue weighted by Crippen LogP contribution is -2.28. The lowest BCUT2D eigenvalue weighted by atomic mass is 9.97. The summed E-state index contributed by atoms with van der Waals surface area (Å²) in [6.45, 7) is 3.16. The van der Waals surface area contributed by atoms with Crippen molar-refractivity contribution in [2.75, 3.05) is 18.5 Å². The number of benzene rings is 1. The number of carbonyl (C=O) groups is 2. The maximum atomic E-state index is 12.1. The fraction of sp³-hybridized carbons (Fsp3) is 0.500. The average Bonchev–Trinajstić information content (AvgIpc) is 2.48. The van der Waals surface area contributed by atoms with Crippen molar-refractivity contribution in [3.05, 3.63) is 29.8 Å². The van der Waals surface area contributed by atoms with Crippen LogP contribution in [-0.2, 0) is 14.3 Å². The molecule has 2 rings (SSSR count). The third-order valence-corrected chi connectivity index (χ3v) is 3.82. The molecule has 1 aliphatic rings. The van der Waals surface area contributed by atoms with Crippen LogP contribution >= 0.6 is 0 Å². The van der Waals surface area contributed by atoms with Crippen molar-refractivity contribution in [2.45, 2.75) is 32.1 Å². The van der Waals surface area contributed by atoms with Gasteiger partial charge in [0, 0.05) is 24.8 Å². The van der Waals surface area contributed by atoms with Gasteiger partial charge in [0.1, 0.15) is 0 Å². The zero-order chi connectivity index (χ0) is 15.2. The molecule has 114 valence electrons. The molecule has 1 atom stereocenters. The van der Waals surface area contributed by atoms with E-state index in [9.17, 15) is 9.59 Å². The van der Waals surface area contributed by atoms with Crippen molar-refractivity contribution in [1.29, 1.82) is 0 Å². The smallest absolute Gasteiger partial charge is 0.303 e. The summed E-state index contributed by atoms with van der Waals surface area (Å²) in [6.07, 6.45) is 1.63. The van der Waals surface area contributed by atoms with Crippen LogP contribution in [0.4, 0.5) is 5.69 Å². The van der Waals surface area contributed by atoms with Crippen molar-refractivity contribution >= 4 is 17.6 Å². The molecule has 1 saturated heterocycles. The number of nitrogens with one attached hydrogen (secondary N) is 1. The third kappa shape index (κ3) is 4.56. The van der Waals surface area contributed by atoms with Crippen molar-refractivity contribution in [1.82, 2.24) is 0 Å². The molecule has 1 fully saturated rings. The molecule has 5 nitrogen and oxygen atoms in total. The number of hydrogen-bond donors (Lipinski definition) is 2. The molecule has 1 unspecified atom stereocenters. The van der Waals surface area contributed by atoms with Gasteiger partial charge in [0.05, 0.1) is 6.42 Å². The second kappa shape index (κ2) is 7.22. The van der Waals surface area contributed by atoms with Crippen LogP contribution in [0.25, 0.3) is 0 Å². The monoisotopic (exact) mass is 291 g/mol. The van der Waals surface area contributed by atoms with Crippen LogP contribution < -0.4 is 5.32 Å². The highest BCUT2D eigenvalue weighted by Crippen LogP contribution is 2.22. The summed E-state index contributed by atoms with van der Waals surface area (Å²) in [6, 6.07) is 7.39. The lowest BCUT2D eigenvalue weighted by Gasteiger charge is -2.21. The second-order valence-electron chi connectivity index (χ2n) is 5.50. The number of ether oxygens (including phenoxy) is 1. The first kappa shape index (κ1) is 15.5. The van der Waals surface area contributed by atoms with Gasteiger partial charge in [-0.1, -0.05) is 19.1 Å². The van der Waals surface area contributed by atoms with E-state index in [1.807, 2.05) is 31.2 Å². The molecule has 2 N–H and O–H groups in total. The molecular formula is C16H21NO4. The van der Waals surface area contributed by atoms with Gasteiger partial charge in [-0.05, 0) is 36.5 Å². The Kier molecular flexibility index (Phi) is 5.33. The highest BCUT2D eigenvalue weighted by molar-refractivity contribution is 5.92. The van der Waals surface area contributed by atoms with E-state index in [1.165, 1.54) is 0 Å². The van der Waals surface area contributed by atoms with Gasteiger partial charge in [-0.2, -0.15) is 0 Å². The number of carboxylic acids is 1. The molecule has 0 bridgehead atoms. The molecule has 1 amide bonds. The van der Waals surface area contributed by atoms with Crippen LogP contribution in [0, 0.1) is 5.92 Å². The maximum absolute atomic E-state index is 12.1. The molecule has 1 aromatic rings.